The fourth-order valence-electron chi connectivity index (χ4n) is 4.92. The molecule has 36 heavy (non-hydrogen) atoms. The second-order valence-corrected chi connectivity index (χ2v) is 41.1. The summed E-state index contributed by atoms with van der Waals surface area (Å²) in [5.74, 6) is 0. The molecular weight excluding hydrogens is 553 g/mol. The number of hydrogen-bond acceptors (Lipinski definition) is 6. The Morgan fingerprint density at radius 3 is 1.25 bits per heavy atom. The minimum absolute atomic E-state index is 0.0136. The van der Waals surface area contributed by atoms with Crippen LogP contribution in [0, 0.1) is 5.41 Å². The van der Waals surface area contributed by atoms with E-state index in [0.717, 1.165) is 31.7 Å². The van der Waals surface area contributed by atoms with E-state index in [9.17, 15) is 10.2 Å². The number of aliphatic hydroxyl groups is 2. The summed E-state index contributed by atoms with van der Waals surface area (Å²) in [5.41, 5.74) is -0.228. The molecule has 0 heterocycles. The Kier molecular flexibility index (Phi) is 14.0. The zero-order chi connectivity index (χ0) is 28.9. The van der Waals surface area contributed by atoms with Crippen molar-refractivity contribution in [2.75, 3.05) is 13.2 Å². The van der Waals surface area contributed by atoms with E-state index in [0.29, 0.717) is 0 Å². The van der Waals surface area contributed by atoms with Crippen LogP contribution in [0.5, 0.6) is 0 Å². The Morgan fingerprint density at radius 2 is 0.944 bits per heavy atom. The molecule has 0 amide bonds. The molecule has 1 atom stereocenters. The van der Waals surface area contributed by atoms with Crippen LogP contribution in [0.2, 0.25) is 103 Å². The highest BCUT2D eigenvalue weighted by Crippen LogP contribution is 2.39. The van der Waals surface area contributed by atoms with Crippen LogP contribution in [-0.4, -0.2) is 73.8 Å². The number of hydrogen-bond donors (Lipinski definition) is 2. The van der Waals surface area contributed by atoms with E-state index in [1.165, 1.54) is 0 Å². The Labute approximate surface area is 230 Å². The molecular formula is C24H62O6Si6. The minimum Gasteiger partial charge on any atom is -0.437 e. The van der Waals surface area contributed by atoms with E-state index in [1.54, 1.807) is 0 Å². The van der Waals surface area contributed by atoms with E-state index in [2.05, 4.69) is 98.6 Å². The van der Waals surface area contributed by atoms with Gasteiger partial charge in [-0.25, -0.2) is 0 Å². The first-order chi connectivity index (χ1) is 15.8. The largest absolute Gasteiger partial charge is 0.437 e. The van der Waals surface area contributed by atoms with Gasteiger partial charge < -0.3 is 26.7 Å². The molecule has 218 valence electrons. The van der Waals surface area contributed by atoms with Crippen LogP contribution in [0.15, 0.2) is 0 Å². The van der Waals surface area contributed by atoms with E-state index < -0.39 is 55.8 Å². The smallest absolute Gasteiger partial charge is 0.317 e. The lowest BCUT2D eigenvalue weighted by atomic mass is 9.80. The van der Waals surface area contributed by atoms with Gasteiger partial charge in [0, 0.05) is 5.41 Å². The molecule has 2 N–H and O–H groups in total. The molecule has 0 spiro atoms. The summed E-state index contributed by atoms with van der Waals surface area (Å²) in [7, 11) is -11.8. The second-order valence-electron chi connectivity index (χ2n) is 15.1. The maximum atomic E-state index is 10.4. The first kappa shape index (κ1) is 37.1. The summed E-state index contributed by atoms with van der Waals surface area (Å²) < 4.78 is 26.8. The van der Waals surface area contributed by atoms with Gasteiger partial charge in [-0.05, 0) is 123 Å². The van der Waals surface area contributed by atoms with Gasteiger partial charge in [-0.1, -0.05) is 13.3 Å². The topological polar surface area (TPSA) is 77.4 Å². The third kappa shape index (κ3) is 15.6. The highest BCUT2D eigenvalue weighted by Gasteiger charge is 2.46. The predicted molar refractivity (Wildman–Crippen MR) is 170 cm³/mol. The maximum absolute atomic E-state index is 10.4. The molecule has 1 unspecified atom stereocenters. The lowest BCUT2D eigenvalue weighted by molar-refractivity contribution is 0.0363. The van der Waals surface area contributed by atoms with Crippen molar-refractivity contribution in [3.63, 3.8) is 0 Å². The fourth-order valence-corrected chi connectivity index (χ4v) is 30.0. The molecule has 0 aliphatic rings. The molecule has 0 bridgehead atoms. The summed E-state index contributed by atoms with van der Waals surface area (Å²) in [6, 6.07) is 0.892. The third-order valence-electron chi connectivity index (χ3n) is 6.07. The summed E-state index contributed by atoms with van der Waals surface area (Å²) in [4.78, 5) is 0. The van der Waals surface area contributed by atoms with Crippen molar-refractivity contribution in [2.45, 2.75) is 136 Å². The molecule has 0 aromatic rings. The zero-order valence-electron chi connectivity index (χ0n) is 26.6. The van der Waals surface area contributed by atoms with Crippen LogP contribution in [-0.2, 0) is 16.5 Å². The van der Waals surface area contributed by atoms with E-state index in [4.69, 9.17) is 16.5 Å². The van der Waals surface area contributed by atoms with Crippen LogP contribution in [0.4, 0.5) is 0 Å². The van der Waals surface area contributed by atoms with Gasteiger partial charge in [0.25, 0.3) is 0 Å². The lowest BCUT2D eigenvalue weighted by Crippen LogP contribution is -2.55. The van der Waals surface area contributed by atoms with Crippen molar-refractivity contribution in [3.05, 3.63) is 0 Å². The molecule has 0 aliphatic heterocycles. The average molecular weight is 615 g/mol. The maximum Gasteiger partial charge on any atom is 0.317 e. The molecule has 0 aromatic carbocycles. The monoisotopic (exact) mass is 614 g/mol. The molecule has 0 saturated heterocycles. The molecule has 0 rings (SSSR count). The number of rotatable bonds is 18. The summed E-state index contributed by atoms with van der Waals surface area (Å²) in [6.07, 6.45) is 3.29. The van der Waals surface area contributed by atoms with E-state index in [-0.39, 0.29) is 18.8 Å². The third-order valence-corrected chi connectivity index (χ3v) is 25.9. The van der Waals surface area contributed by atoms with Crippen LogP contribution in [0.1, 0.15) is 32.6 Å². The minimum atomic E-state index is -2.43. The first-order valence-electron chi connectivity index (χ1n) is 13.8. The molecule has 0 aliphatic carbocycles. The van der Waals surface area contributed by atoms with Gasteiger partial charge in [0.05, 0.1) is 13.2 Å². The molecule has 0 fully saturated rings. The molecule has 0 saturated carbocycles. The second kappa shape index (κ2) is 13.6. The van der Waals surface area contributed by atoms with Gasteiger partial charge in [0.15, 0.2) is 33.3 Å². The van der Waals surface area contributed by atoms with Crippen molar-refractivity contribution >= 4 is 50.4 Å². The van der Waals surface area contributed by atoms with E-state index in [1.807, 2.05) is 0 Å². The average Bonchev–Trinajstić information content (AvgIpc) is 2.57. The summed E-state index contributed by atoms with van der Waals surface area (Å²) in [5, 5.41) is 20.9. The van der Waals surface area contributed by atoms with Gasteiger partial charge in [-0.3, -0.25) is 0 Å². The zero-order valence-corrected chi connectivity index (χ0v) is 32.6. The Morgan fingerprint density at radius 1 is 0.583 bits per heavy atom. The van der Waals surface area contributed by atoms with Crippen LogP contribution in [0.3, 0.4) is 0 Å². The van der Waals surface area contributed by atoms with Crippen LogP contribution >= 0.6 is 0 Å². The van der Waals surface area contributed by atoms with Crippen molar-refractivity contribution in [3.8, 4) is 0 Å². The normalized spacial score (nSPS) is 15.9. The van der Waals surface area contributed by atoms with Crippen molar-refractivity contribution in [2.24, 2.45) is 5.41 Å². The molecule has 0 radical (unpaired) electrons. The predicted octanol–water partition coefficient (Wildman–Crippen LogP) is 7.46. The van der Waals surface area contributed by atoms with Crippen molar-refractivity contribution in [1.29, 1.82) is 0 Å². The van der Waals surface area contributed by atoms with E-state index >= 15 is 0 Å². The first-order valence-corrected chi connectivity index (χ1v) is 32.4. The van der Waals surface area contributed by atoms with Crippen LogP contribution < -0.4 is 0 Å². The van der Waals surface area contributed by atoms with Crippen molar-refractivity contribution in [1.82, 2.24) is 0 Å². The highest BCUT2D eigenvalue weighted by atomic mass is 28.5. The standard InChI is InChI=1S/C24H62O6Si6/c1-23(36(15,29-33(8,9)10)30-34(11,12)13)17-19-24(21-25,22-26)18-16-20-35(14,27-31(2,3)4)28-32(5,6)7/h23,25-26H,16-22H2,1-15H3. The molecule has 12 heteroatoms. The lowest BCUT2D eigenvalue weighted by Gasteiger charge is -2.43. The molecule has 6 nitrogen and oxygen atoms in total. The summed E-state index contributed by atoms with van der Waals surface area (Å²) >= 11 is 0. The van der Waals surface area contributed by atoms with Gasteiger partial charge >= 0.3 is 17.1 Å². The Bertz CT molecular complexity index is 615. The van der Waals surface area contributed by atoms with Gasteiger partial charge in [-0.2, -0.15) is 0 Å². The van der Waals surface area contributed by atoms with Crippen LogP contribution in [0.25, 0.3) is 0 Å². The number of aliphatic hydroxyl groups excluding tert-OH is 2. The quantitative estimate of drug-likeness (QED) is 0.156. The Balaban J connectivity index is 5.53. The SMILES string of the molecule is CC(CCC(CO)(CO)CCC[Si](C)(O[Si](C)(C)C)O[Si](C)(C)C)[Si](C)(O[Si](C)(C)C)O[Si](C)(C)C. The van der Waals surface area contributed by atoms with Crippen molar-refractivity contribution < 1.29 is 26.7 Å². The van der Waals surface area contributed by atoms with Gasteiger partial charge in [-0.15, -0.1) is 0 Å². The van der Waals surface area contributed by atoms with Gasteiger partial charge in [0.2, 0.25) is 0 Å². The molecule has 0 aromatic heterocycles. The van der Waals surface area contributed by atoms with Gasteiger partial charge in [0.1, 0.15) is 0 Å². The fraction of sp³-hybridized carbons (Fsp3) is 1.00. The summed E-state index contributed by atoms with van der Waals surface area (Å²) in [6.45, 7) is 33.4. The Hall–Kier alpha value is 1.06. The highest BCUT2D eigenvalue weighted by molar-refractivity contribution is 6.88.